The summed E-state index contributed by atoms with van der Waals surface area (Å²) in [5.74, 6) is -0.153. The first kappa shape index (κ1) is 15.1. The van der Waals surface area contributed by atoms with Crippen molar-refractivity contribution in [2.45, 2.75) is 45.8 Å². The summed E-state index contributed by atoms with van der Waals surface area (Å²) in [6.07, 6.45) is 0.850. The van der Waals surface area contributed by atoms with E-state index in [1.165, 1.54) is 6.07 Å². The van der Waals surface area contributed by atoms with Crippen LogP contribution in [0.15, 0.2) is 18.2 Å². The van der Waals surface area contributed by atoms with Crippen molar-refractivity contribution in [3.63, 3.8) is 0 Å². The number of benzene rings is 1. The van der Waals surface area contributed by atoms with Crippen LogP contribution >= 0.6 is 0 Å². The smallest absolute Gasteiger partial charge is 0.126 e. The molecular weight excluding hydrogens is 229 g/mol. The molecule has 0 amide bonds. The number of nitrogens with one attached hydrogen (secondary N) is 1. The van der Waals surface area contributed by atoms with Crippen LogP contribution in [0.1, 0.15) is 44.4 Å². The molecule has 1 unspecified atom stereocenters. The normalized spacial score (nSPS) is 13.7. The summed E-state index contributed by atoms with van der Waals surface area (Å²) in [6, 6.07) is 5.48. The lowest BCUT2D eigenvalue weighted by atomic mass is 9.92. The van der Waals surface area contributed by atoms with Crippen LogP contribution < -0.4 is 5.32 Å². The zero-order chi connectivity index (χ0) is 13.8. The summed E-state index contributed by atoms with van der Waals surface area (Å²) in [7, 11) is 1.72. The number of methoxy groups -OCH3 is 1. The molecular formula is C15H24FNO. The van der Waals surface area contributed by atoms with Crippen LogP contribution in [0.4, 0.5) is 4.39 Å². The Balaban J connectivity index is 2.93. The van der Waals surface area contributed by atoms with Crippen molar-refractivity contribution in [2.75, 3.05) is 13.7 Å². The fourth-order valence-electron chi connectivity index (χ4n) is 2.01. The molecule has 0 aliphatic rings. The molecule has 1 atom stereocenters. The Hall–Kier alpha value is -0.930. The quantitative estimate of drug-likeness (QED) is 0.836. The third-order valence-electron chi connectivity index (χ3n) is 3.28. The zero-order valence-electron chi connectivity index (χ0n) is 12.0. The second kappa shape index (κ2) is 6.30. The van der Waals surface area contributed by atoms with Crippen molar-refractivity contribution in [2.24, 2.45) is 0 Å². The van der Waals surface area contributed by atoms with Crippen molar-refractivity contribution in [3.8, 4) is 0 Å². The van der Waals surface area contributed by atoms with Gasteiger partial charge in [0.2, 0.25) is 0 Å². The minimum atomic E-state index is -0.199. The van der Waals surface area contributed by atoms with E-state index in [9.17, 15) is 4.39 Å². The first-order valence-electron chi connectivity index (χ1n) is 6.44. The van der Waals surface area contributed by atoms with Crippen molar-refractivity contribution >= 4 is 0 Å². The predicted octanol–water partition coefficient (Wildman–Crippen LogP) is 3.60. The van der Waals surface area contributed by atoms with Crippen LogP contribution in [0.3, 0.4) is 0 Å². The Morgan fingerprint density at radius 2 is 2.06 bits per heavy atom. The molecule has 1 aromatic carbocycles. The molecule has 0 bridgehead atoms. The molecule has 1 N–H and O–H groups in total. The Bertz CT molecular complexity index is 390. The van der Waals surface area contributed by atoms with E-state index in [0.717, 1.165) is 18.5 Å². The average Bonchev–Trinajstić information content (AvgIpc) is 2.32. The van der Waals surface area contributed by atoms with Gasteiger partial charge in [0, 0.05) is 13.2 Å². The molecule has 2 nitrogen and oxygen atoms in total. The molecule has 1 rings (SSSR count). The summed E-state index contributed by atoms with van der Waals surface area (Å²) in [6.45, 7) is 8.87. The van der Waals surface area contributed by atoms with Crippen molar-refractivity contribution < 1.29 is 9.13 Å². The van der Waals surface area contributed by atoms with E-state index < -0.39 is 0 Å². The Morgan fingerprint density at radius 3 is 2.56 bits per heavy atom. The zero-order valence-corrected chi connectivity index (χ0v) is 12.0. The topological polar surface area (TPSA) is 21.3 Å². The molecule has 0 aliphatic carbocycles. The highest BCUT2D eigenvalue weighted by atomic mass is 19.1. The molecule has 0 heterocycles. The van der Waals surface area contributed by atoms with E-state index in [-0.39, 0.29) is 17.5 Å². The maximum Gasteiger partial charge on any atom is 0.126 e. The summed E-state index contributed by atoms with van der Waals surface area (Å²) < 4.78 is 18.8. The average molecular weight is 253 g/mol. The maximum atomic E-state index is 13.3. The standard InChI is InChI=1S/C15H24FNO/c1-6-17-14(10-15(3,4)18-5)12-7-8-13(16)11(2)9-12/h7-9,14,17H,6,10H2,1-5H3. The predicted molar refractivity (Wildman–Crippen MR) is 73.3 cm³/mol. The Kier molecular flexibility index (Phi) is 5.29. The summed E-state index contributed by atoms with van der Waals surface area (Å²) in [5, 5.41) is 3.43. The number of rotatable bonds is 6. The number of hydrogen-bond acceptors (Lipinski definition) is 2. The molecule has 0 spiro atoms. The van der Waals surface area contributed by atoms with Crippen LogP contribution in [-0.4, -0.2) is 19.3 Å². The van der Waals surface area contributed by atoms with Gasteiger partial charge in [-0.1, -0.05) is 19.1 Å². The number of hydrogen-bond donors (Lipinski definition) is 1. The summed E-state index contributed by atoms with van der Waals surface area (Å²) in [4.78, 5) is 0. The Labute approximate surface area is 110 Å². The number of ether oxygens (including phenoxy) is 1. The van der Waals surface area contributed by atoms with Gasteiger partial charge in [-0.3, -0.25) is 0 Å². The fourth-order valence-corrected chi connectivity index (χ4v) is 2.01. The van der Waals surface area contributed by atoms with Crippen LogP contribution in [-0.2, 0) is 4.74 Å². The van der Waals surface area contributed by atoms with Gasteiger partial charge in [-0.25, -0.2) is 4.39 Å². The van der Waals surface area contributed by atoms with Crippen molar-refractivity contribution in [3.05, 3.63) is 35.1 Å². The third kappa shape index (κ3) is 4.07. The van der Waals surface area contributed by atoms with E-state index in [1.807, 2.05) is 12.1 Å². The van der Waals surface area contributed by atoms with Crippen molar-refractivity contribution in [1.29, 1.82) is 0 Å². The fraction of sp³-hybridized carbons (Fsp3) is 0.600. The molecule has 0 aliphatic heterocycles. The highest BCUT2D eigenvalue weighted by Gasteiger charge is 2.23. The maximum absolute atomic E-state index is 13.3. The van der Waals surface area contributed by atoms with Gasteiger partial charge in [0.15, 0.2) is 0 Å². The number of halogens is 1. The van der Waals surface area contributed by atoms with Gasteiger partial charge in [-0.05, 0) is 50.9 Å². The molecule has 0 saturated carbocycles. The molecule has 102 valence electrons. The molecule has 0 saturated heterocycles. The van der Waals surface area contributed by atoms with Crippen LogP contribution in [0, 0.1) is 12.7 Å². The second-order valence-electron chi connectivity index (χ2n) is 5.29. The minimum Gasteiger partial charge on any atom is -0.379 e. The van der Waals surface area contributed by atoms with E-state index >= 15 is 0 Å². The second-order valence-corrected chi connectivity index (χ2v) is 5.29. The van der Waals surface area contributed by atoms with Gasteiger partial charge in [0.1, 0.15) is 5.82 Å². The van der Waals surface area contributed by atoms with E-state index in [2.05, 4.69) is 26.1 Å². The highest BCUT2D eigenvalue weighted by Crippen LogP contribution is 2.27. The van der Waals surface area contributed by atoms with Crippen LogP contribution in [0.25, 0.3) is 0 Å². The molecule has 0 radical (unpaired) electrons. The van der Waals surface area contributed by atoms with Gasteiger partial charge in [-0.15, -0.1) is 0 Å². The largest absolute Gasteiger partial charge is 0.379 e. The van der Waals surface area contributed by atoms with Crippen LogP contribution in [0.5, 0.6) is 0 Å². The lowest BCUT2D eigenvalue weighted by Gasteiger charge is -2.29. The number of aryl methyl sites for hydroxylation is 1. The van der Waals surface area contributed by atoms with Gasteiger partial charge < -0.3 is 10.1 Å². The molecule has 3 heteroatoms. The Morgan fingerprint density at radius 1 is 1.39 bits per heavy atom. The first-order valence-corrected chi connectivity index (χ1v) is 6.44. The van der Waals surface area contributed by atoms with Gasteiger partial charge in [0.25, 0.3) is 0 Å². The van der Waals surface area contributed by atoms with E-state index in [4.69, 9.17) is 4.74 Å². The lowest BCUT2D eigenvalue weighted by molar-refractivity contribution is 0.00696. The molecule has 18 heavy (non-hydrogen) atoms. The SMILES string of the molecule is CCNC(CC(C)(C)OC)c1ccc(F)c(C)c1. The third-order valence-corrected chi connectivity index (χ3v) is 3.28. The van der Waals surface area contributed by atoms with Crippen LogP contribution in [0.2, 0.25) is 0 Å². The molecule has 0 aromatic heterocycles. The highest BCUT2D eigenvalue weighted by molar-refractivity contribution is 5.26. The molecule has 0 fully saturated rings. The van der Waals surface area contributed by atoms with Gasteiger partial charge in [-0.2, -0.15) is 0 Å². The van der Waals surface area contributed by atoms with E-state index in [1.54, 1.807) is 14.0 Å². The first-order chi connectivity index (χ1) is 8.39. The lowest BCUT2D eigenvalue weighted by Crippen LogP contribution is -2.32. The van der Waals surface area contributed by atoms with Gasteiger partial charge in [0.05, 0.1) is 5.60 Å². The van der Waals surface area contributed by atoms with Gasteiger partial charge >= 0.3 is 0 Å². The monoisotopic (exact) mass is 253 g/mol. The summed E-state index contributed by atoms with van der Waals surface area (Å²) >= 11 is 0. The summed E-state index contributed by atoms with van der Waals surface area (Å²) in [5.41, 5.74) is 1.60. The van der Waals surface area contributed by atoms with Crippen molar-refractivity contribution in [1.82, 2.24) is 5.32 Å². The minimum absolute atomic E-state index is 0.153. The van der Waals surface area contributed by atoms with E-state index in [0.29, 0.717) is 5.56 Å². The molecule has 1 aromatic rings.